The highest BCUT2D eigenvalue weighted by atomic mass is 35.5. The number of anilines is 1. The molecule has 1 heterocycles. The standard InChI is InChI=1S/C13H19ClN4O4/c1-13(2,3)22-12(19)16-8-4-7-15-11-9(18(20)21)5-6-10(14)17-11/h5-6H,4,7-8H2,1-3H3,(H,15,17)(H,16,19). The molecule has 1 aromatic heterocycles. The van der Waals surface area contributed by atoms with Gasteiger partial charge in [0.2, 0.25) is 5.82 Å². The third-order valence-corrected chi connectivity index (χ3v) is 2.56. The van der Waals surface area contributed by atoms with Gasteiger partial charge in [-0.2, -0.15) is 0 Å². The van der Waals surface area contributed by atoms with Crippen LogP contribution in [0.25, 0.3) is 0 Å². The molecule has 0 fully saturated rings. The molecule has 1 rings (SSSR count). The van der Waals surface area contributed by atoms with E-state index in [1.807, 2.05) is 0 Å². The molecule has 0 aliphatic rings. The normalized spacial score (nSPS) is 10.9. The van der Waals surface area contributed by atoms with Crippen molar-refractivity contribution in [1.29, 1.82) is 0 Å². The Morgan fingerprint density at radius 3 is 2.68 bits per heavy atom. The van der Waals surface area contributed by atoms with Crippen LogP contribution in [0.15, 0.2) is 12.1 Å². The van der Waals surface area contributed by atoms with Crippen molar-refractivity contribution >= 4 is 29.2 Å². The quantitative estimate of drug-likeness (QED) is 0.359. The number of hydrogen-bond acceptors (Lipinski definition) is 6. The SMILES string of the molecule is CC(C)(C)OC(=O)NCCCNc1nc(Cl)ccc1[N+](=O)[O-]. The second kappa shape index (κ2) is 7.79. The van der Waals surface area contributed by atoms with E-state index in [2.05, 4.69) is 15.6 Å². The Morgan fingerprint density at radius 2 is 2.09 bits per heavy atom. The molecule has 8 nitrogen and oxygen atoms in total. The first-order valence-electron chi connectivity index (χ1n) is 6.71. The van der Waals surface area contributed by atoms with Gasteiger partial charge >= 0.3 is 11.8 Å². The highest BCUT2D eigenvalue weighted by molar-refractivity contribution is 6.29. The minimum atomic E-state index is -0.548. The monoisotopic (exact) mass is 330 g/mol. The van der Waals surface area contributed by atoms with Crippen LogP contribution in [0.2, 0.25) is 5.15 Å². The summed E-state index contributed by atoms with van der Waals surface area (Å²) in [5.41, 5.74) is -0.697. The maximum atomic E-state index is 11.4. The number of nitrogens with one attached hydrogen (secondary N) is 2. The molecule has 22 heavy (non-hydrogen) atoms. The second-order valence-corrected chi connectivity index (χ2v) is 5.86. The first-order valence-corrected chi connectivity index (χ1v) is 7.08. The zero-order valence-electron chi connectivity index (χ0n) is 12.7. The minimum Gasteiger partial charge on any atom is -0.444 e. The van der Waals surface area contributed by atoms with Gasteiger partial charge in [-0.1, -0.05) is 11.6 Å². The number of amides is 1. The highest BCUT2D eigenvalue weighted by Gasteiger charge is 2.16. The average molecular weight is 331 g/mol. The summed E-state index contributed by atoms with van der Waals surface area (Å²) in [4.78, 5) is 25.6. The summed E-state index contributed by atoms with van der Waals surface area (Å²) < 4.78 is 5.08. The van der Waals surface area contributed by atoms with Crippen LogP contribution in [-0.4, -0.2) is 34.7 Å². The Balaban J connectivity index is 2.38. The van der Waals surface area contributed by atoms with Crippen LogP contribution in [0, 0.1) is 10.1 Å². The second-order valence-electron chi connectivity index (χ2n) is 5.47. The fraction of sp³-hybridized carbons (Fsp3) is 0.538. The van der Waals surface area contributed by atoms with Crippen LogP contribution in [0.5, 0.6) is 0 Å². The number of nitrogens with zero attached hydrogens (tertiary/aromatic N) is 2. The van der Waals surface area contributed by atoms with Gasteiger partial charge in [0.1, 0.15) is 10.8 Å². The van der Waals surface area contributed by atoms with E-state index >= 15 is 0 Å². The third-order valence-electron chi connectivity index (χ3n) is 2.35. The molecule has 2 N–H and O–H groups in total. The summed E-state index contributed by atoms with van der Waals surface area (Å²) in [5, 5.41) is 16.4. The Labute approximate surface area is 133 Å². The number of pyridine rings is 1. The largest absolute Gasteiger partial charge is 0.444 e. The van der Waals surface area contributed by atoms with Crippen molar-refractivity contribution in [3.8, 4) is 0 Å². The van der Waals surface area contributed by atoms with E-state index in [1.165, 1.54) is 12.1 Å². The first kappa shape index (κ1) is 18.0. The van der Waals surface area contributed by atoms with Gasteiger partial charge in [0.25, 0.3) is 0 Å². The van der Waals surface area contributed by atoms with E-state index < -0.39 is 16.6 Å². The van der Waals surface area contributed by atoms with E-state index in [0.29, 0.717) is 19.5 Å². The van der Waals surface area contributed by atoms with E-state index in [1.54, 1.807) is 20.8 Å². The van der Waals surface area contributed by atoms with Crippen molar-refractivity contribution in [3.05, 3.63) is 27.4 Å². The molecule has 1 aromatic rings. The molecule has 0 aliphatic carbocycles. The number of ether oxygens (including phenoxy) is 1. The highest BCUT2D eigenvalue weighted by Crippen LogP contribution is 2.23. The minimum absolute atomic E-state index is 0.106. The van der Waals surface area contributed by atoms with E-state index in [0.717, 1.165) is 0 Å². The number of carbonyl (C=O) groups is 1. The smallest absolute Gasteiger partial charge is 0.407 e. The molecule has 0 unspecified atom stereocenters. The number of alkyl carbamates (subject to hydrolysis) is 1. The van der Waals surface area contributed by atoms with E-state index in [9.17, 15) is 14.9 Å². The van der Waals surface area contributed by atoms with Gasteiger partial charge in [0.15, 0.2) is 0 Å². The fourth-order valence-electron chi connectivity index (χ4n) is 1.51. The summed E-state index contributed by atoms with van der Waals surface area (Å²) in [6.07, 6.45) is 0.0456. The predicted octanol–water partition coefficient (Wildman–Crippen LogP) is 2.97. The molecule has 0 bridgehead atoms. The molecule has 0 saturated carbocycles. The van der Waals surface area contributed by atoms with Crippen molar-refractivity contribution < 1.29 is 14.5 Å². The van der Waals surface area contributed by atoms with Crippen LogP contribution >= 0.6 is 11.6 Å². The Bertz CT molecular complexity index is 545. The molecule has 9 heteroatoms. The van der Waals surface area contributed by atoms with Gasteiger partial charge in [0, 0.05) is 19.2 Å². The number of halogens is 1. The molecule has 0 aromatic carbocycles. The number of hydrogen-bond donors (Lipinski definition) is 2. The van der Waals surface area contributed by atoms with Crippen molar-refractivity contribution in [2.24, 2.45) is 0 Å². The molecule has 0 radical (unpaired) electrons. The third kappa shape index (κ3) is 6.57. The van der Waals surface area contributed by atoms with Gasteiger partial charge in [-0.3, -0.25) is 10.1 Å². The van der Waals surface area contributed by atoms with Gasteiger partial charge in [-0.15, -0.1) is 0 Å². The van der Waals surface area contributed by atoms with E-state index in [4.69, 9.17) is 16.3 Å². The molecule has 122 valence electrons. The Hall–Kier alpha value is -2.09. The summed E-state index contributed by atoms with van der Waals surface area (Å²) in [6, 6.07) is 2.64. The van der Waals surface area contributed by atoms with Gasteiger partial charge < -0.3 is 15.4 Å². The summed E-state index contributed by atoms with van der Waals surface area (Å²) in [5.74, 6) is 0.106. The molecular weight excluding hydrogens is 312 g/mol. The van der Waals surface area contributed by atoms with E-state index in [-0.39, 0.29) is 16.7 Å². The van der Waals surface area contributed by atoms with Gasteiger partial charge in [-0.05, 0) is 33.3 Å². The zero-order chi connectivity index (χ0) is 16.8. The van der Waals surface area contributed by atoms with Crippen molar-refractivity contribution in [1.82, 2.24) is 10.3 Å². The lowest BCUT2D eigenvalue weighted by atomic mass is 10.2. The van der Waals surface area contributed by atoms with Crippen LogP contribution < -0.4 is 10.6 Å². The predicted molar refractivity (Wildman–Crippen MR) is 83.2 cm³/mol. The summed E-state index contributed by atoms with van der Waals surface area (Å²) in [6.45, 7) is 6.09. The van der Waals surface area contributed by atoms with Crippen LogP contribution in [0.1, 0.15) is 27.2 Å². The van der Waals surface area contributed by atoms with Crippen molar-refractivity contribution in [3.63, 3.8) is 0 Å². The lowest BCUT2D eigenvalue weighted by Crippen LogP contribution is -2.33. The maximum absolute atomic E-state index is 11.4. The molecule has 0 saturated heterocycles. The zero-order valence-corrected chi connectivity index (χ0v) is 13.4. The van der Waals surface area contributed by atoms with Crippen LogP contribution in [-0.2, 0) is 4.74 Å². The average Bonchev–Trinajstić information content (AvgIpc) is 2.35. The lowest BCUT2D eigenvalue weighted by Gasteiger charge is -2.19. The van der Waals surface area contributed by atoms with Gasteiger partial charge in [-0.25, -0.2) is 9.78 Å². The first-order chi connectivity index (χ1) is 10.2. The molecule has 1 amide bonds. The number of aromatic nitrogens is 1. The summed E-state index contributed by atoms with van der Waals surface area (Å²) in [7, 11) is 0. The number of carbonyl (C=O) groups excluding carboxylic acids is 1. The molecule has 0 spiro atoms. The van der Waals surface area contributed by atoms with Crippen molar-refractivity contribution in [2.45, 2.75) is 32.8 Å². The van der Waals surface area contributed by atoms with Gasteiger partial charge in [0.05, 0.1) is 4.92 Å². The molecule has 0 atom stereocenters. The number of rotatable bonds is 6. The van der Waals surface area contributed by atoms with Crippen LogP contribution in [0.4, 0.5) is 16.3 Å². The molecule has 0 aliphatic heterocycles. The Kier molecular flexibility index (Phi) is 6.36. The lowest BCUT2D eigenvalue weighted by molar-refractivity contribution is -0.384. The summed E-state index contributed by atoms with van der Waals surface area (Å²) >= 11 is 5.72. The topological polar surface area (TPSA) is 106 Å². The maximum Gasteiger partial charge on any atom is 0.407 e. The Morgan fingerprint density at radius 1 is 1.41 bits per heavy atom. The van der Waals surface area contributed by atoms with Crippen LogP contribution in [0.3, 0.4) is 0 Å². The fourth-order valence-corrected chi connectivity index (χ4v) is 1.65. The van der Waals surface area contributed by atoms with Crippen molar-refractivity contribution in [2.75, 3.05) is 18.4 Å². The molecular formula is C13H19ClN4O4. The number of nitro groups is 1.